The van der Waals surface area contributed by atoms with Crippen molar-refractivity contribution in [3.63, 3.8) is 0 Å². The number of anilines is 1. The highest BCUT2D eigenvalue weighted by Gasteiger charge is 2.18. The lowest BCUT2D eigenvalue weighted by molar-refractivity contribution is 0.0995. The number of benzene rings is 1. The van der Waals surface area contributed by atoms with E-state index < -0.39 is 5.91 Å². The summed E-state index contributed by atoms with van der Waals surface area (Å²) in [6.45, 7) is 6.26. The van der Waals surface area contributed by atoms with Crippen LogP contribution in [0.25, 0.3) is 10.9 Å². The highest BCUT2D eigenvalue weighted by atomic mass is 16.2. The van der Waals surface area contributed by atoms with Crippen LogP contribution >= 0.6 is 0 Å². The van der Waals surface area contributed by atoms with Gasteiger partial charge in [0, 0.05) is 39.3 Å². The minimum Gasteiger partial charge on any atom is -0.368 e. The second-order valence-corrected chi connectivity index (χ2v) is 7.39. The summed E-state index contributed by atoms with van der Waals surface area (Å²) < 4.78 is 1.20. The molecule has 0 unspecified atom stereocenters. The van der Waals surface area contributed by atoms with E-state index in [2.05, 4.69) is 19.8 Å². The molecule has 3 aromatic rings. The molecule has 1 aliphatic rings. The Labute approximate surface area is 172 Å². The van der Waals surface area contributed by atoms with Gasteiger partial charge in [-0.25, -0.2) is 9.78 Å². The quantitative estimate of drug-likeness (QED) is 0.636. The summed E-state index contributed by atoms with van der Waals surface area (Å²) in [5, 5.41) is 0.525. The smallest absolute Gasteiger partial charge is 0.328 e. The molecule has 0 spiro atoms. The van der Waals surface area contributed by atoms with E-state index in [1.165, 1.54) is 4.57 Å². The number of amides is 1. The Hall–Kier alpha value is -3.46. The van der Waals surface area contributed by atoms with Crippen molar-refractivity contribution in [1.82, 2.24) is 19.4 Å². The third-order valence-electron chi connectivity index (χ3n) is 5.51. The number of rotatable bonds is 5. The number of carbonyl (C=O) groups excluding carboxylic acids is 1. The SMILES string of the molecule is CCn1c(=O)[nH]c2cc(CN3CCN(c4ccc(C(N)=O)nc4)CC3)ccc2c1=O. The number of hydrogen-bond donors (Lipinski definition) is 2. The third-order valence-corrected chi connectivity index (χ3v) is 5.51. The molecule has 9 heteroatoms. The molecule has 4 rings (SSSR count). The Morgan fingerprint density at radius 3 is 2.53 bits per heavy atom. The molecule has 1 saturated heterocycles. The number of pyridine rings is 1. The van der Waals surface area contributed by atoms with Gasteiger partial charge < -0.3 is 15.6 Å². The molecule has 30 heavy (non-hydrogen) atoms. The summed E-state index contributed by atoms with van der Waals surface area (Å²) in [7, 11) is 0. The fraction of sp³-hybridized carbons (Fsp3) is 0.333. The number of carbonyl (C=O) groups is 1. The molecule has 0 radical (unpaired) electrons. The lowest BCUT2D eigenvalue weighted by Crippen LogP contribution is -2.46. The largest absolute Gasteiger partial charge is 0.368 e. The van der Waals surface area contributed by atoms with Crippen LogP contribution in [0.15, 0.2) is 46.1 Å². The topological polar surface area (TPSA) is 117 Å². The zero-order valence-corrected chi connectivity index (χ0v) is 16.8. The summed E-state index contributed by atoms with van der Waals surface area (Å²) in [6, 6.07) is 9.13. The minimum atomic E-state index is -0.531. The standard InChI is InChI=1S/C21H24N6O3/c1-2-27-20(29)16-5-3-14(11-18(16)24-21(27)30)13-25-7-9-26(10-8-25)15-4-6-17(19(22)28)23-12-15/h3-6,11-12H,2,7-10,13H2,1H3,(H2,22,28)(H,24,30). The van der Waals surface area contributed by atoms with E-state index in [-0.39, 0.29) is 16.9 Å². The Morgan fingerprint density at radius 1 is 1.13 bits per heavy atom. The molecule has 3 heterocycles. The first-order valence-electron chi connectivity index (χ1n) is 9.95. The van der Waals surface area contributed by atoms with Gasteiger partial charge in [0.15, 0.2) is 0 Å². The van der Waals surface area contributed by atoms with Gasteiger partial charge in [-0.2, -0.15) is 0 Å². The third kappa shape index (κ3) is 3.84. The highest BCUT2D eigenvalue weighted by Crippen LogP contribution is 2.18. The van der Waals surface area contributed by atoms with E-state index in [0.717, 1.165) is 44.0 Å². The van der Waals surface area contributed by atoms with Crippen LogP contribution in [0, 0.1) is 0 Å². The van der Waals surface area contributed by atoms with E-state index in [4.69, 9.17) is 5.73 Å². The molecule has 0 saturated carbocycles. The van der Waals surface area contributed by atoms with Crippen LogP contribution in [0.4, 0.5) is 5.69 Å². The van der Waals surface area contributed by atoms with Gasteiger partial charge in [0.25, 0.3) is 11.5 Å². The number of nitrogens with two attached hydrogens (primary N) is 1. The molecule has 1 fully saturated rings. The van der Waals surface area contributed by atoms with Crippen molar-refractivity contribution in [2.45, 2.75) is 20.0 Å². The molecule has 1 amide bonds. The molecular formula is C21H24N6O3. The van der Waals surface area contributed by atoms with Gasteiger partial charge in [0.1, 0.15) is 5.69 Å². The number of fused-ring (bicyclic) bond motifs is 1. The van der Waals surface area contributed by atoms with Crippen LogP contribution in [0.5, 0.6) is 0 Å². The first kappa shape index (κ1) is 19.8. The summed E-state index contributed by atoms with van der Waals surface area (Å²) >= 11 is 0. The Kier molecular flexibility index (Phi) is 5.37. The molecule has 1 aliphatic heterocycles. The van der Waals surface area contributed by atoms with Crippen molar-refractivity contribution >= 4 is 22.5 Å². The van der Waals surface area contributed by atoms with Gasteiger partial charge >= 0.3 is 5.69 Å². The van der Waals surface area contributed by atoms with Crippen LogP contribution < -0.4 is 21.9 Å². The maximum absolute atomic E-state index is 12.4. The average molecular weight is 408 g/mol. The highest BCUT2D eigenvalue weighted by molar-refractivity contribution is 5.90. The summed E-state index contributed by atoms with van der Waals surface area (Å²) in [5.41, 5.74) is 7.46. The van der Waals surface area contributed by atoms with Crippen molar-refractivity contribution < 1.29 is 4.79 Å². The monoisotopic (exact) mass is 408 g/mol. The van der Waals surface area contributed by atoms with Gasteiger partial charge in [0.2, 0.25) is 0 Å². The van der Waals surface area contributed by atoms with Crippen LogP contribution in [0.1, 0.15) is 23.0 Å². The van der Waals surface area contributed by atoms with Crippen LogP contribution in [-0.2, 0) is 13.1 Å². The molecule has 0 aliphatic carbocycles. The fourth-order valence-electron chi connectivity index (χ4n) is 3.83. The zero-order chi connectivity index (χ0) is 21.3. The first-order chi connectivity index (χ1) is 14.5. The normalized spacial score (nSPS) is 14.9. The summed E-state index contributed by atoms with van der Waals surface area (Å²) in [4.78, 5) is 47.1. The Bertz CT molecular complexity index is 1190. The predicted molar refractivity (Wildman–Crippen MR) is 115 cm³/mol. The number of hydrogen-bond acceptors (Lipinski definition) is 6. The lowest BCUT2D eigenvalue weighted by Gasteiger charge is -2.36. The number of nitrogens with zero attached hydrogens (tertiary/aromatic N) is 4. The Morgan fingerprint density at radius 2 is 1.90 bits per heavy atom. The number of nitrogens with one attached hydrogen (secondary N) is 1. The van der Waals surface area contributed by atoms with Crippen LogP contribution in [0.3, 0.4) is 0 Å². The van der Waals surface area contributed by atoms with Crippen LogP contribution in [0.2, 0.25) is 0 Å². The number of piperazine rings is 1. The molecule has 2 aromatic heterocycles. The average Bonchev–Trinajstić information content (AvgIpc) is 2.74. The first-order valence-corrected chi connectivity index (χ1v) is 9.95. The maximum atomic E-state index is 12.4. The van der Waals surface area contributed by atoms with Gasteiger partial charge in [-0.1, -0.05) is 6.07 Å². The van der Waals surface area contributed by atoms with Crippen LogP contribution in [-0.4, -0.2) is 51.5 Å². The number of aromatic nitrogens is 3. The second-order valence-electron chi connectivity index (χ2n) is 7.39. The van der Waals surface area contributed by atoms with E-state index >= 15 is 0 Å². The second kappa shape index (κ2) is 8.11. The Balaban J connectivity index is 1.43. The van der Waals surface area contributed by atoms with Crippen molar-refractivity contribution in [1.29, 1.82) is 0 Å². The predicted octanol–water partition coefficient (Wildman–Crippen LogP) is 0.526. The fourth-order valence-corrected chi connectivity index (χ4v) is 3.83. The molecular weight excluding hydrogens is 384 g/mol. The van der Waals surface area contributed by atoms with E-state index in [1.807, 2.05) is 18.2 Å². The van der Waals surface area contributed by atoms with E-state index in [0.29, 0.717) is 17.4 Å². The molecule has 3 N–H and O–H groups in total. The minimum absolute atomic E-state index is 0.257. The summed E-state index contributed by atoms with van der Waals surface area (Å²) in [5.74, 6) is -0.531. The molecule has 0 atom stereocenters. The maximum Gasteiger partial charge on any atom is 0.328 e. The van der Waals surface area contributed by atoms with Crippen molar-refractivity contribution in [3.05, 3.63) is 68.6 Å². The number of H-pyrrole nitrogens is 1. The van der Waals surface area contributed by atoms with Crippen molar-refractivity contribution in [2.75, 3.05) is 31.1 Å². The van der Waals surface area contributed by atoms with Gasteiger partial charge in [-0.3, -0.25) is 19.1 Å². The molecule has 1 aromatic carbocycles. The lowest BCUT2D eigenvalue weighted by atomic mass is 10.1. The molecule has 0 bridgehead atoms. The number of aromatic amines is 1. The molecule has 9 nitrogen and oxygen atoms in total. The van der Waals surface area contributed by atoms with Gasteiger partial charge in [-0.15, -0.1) is 0 Å². The van der Waals surface area contributed by atoms with Gasteiger partial charge in [0.05, 0.1) is 22.8 Å². The van der Waals surface area contributed by atoms with E-state index in [1.54, 1.807) is 25.3 Å². The van der Waals surface area contributed by atoms with Crippen molar-refractivity contribution in [2.24, 2.45) is 5.73 Å². The summed E-state index contributed by atoms with van der Waals surface area (Å²) in [6.07, 6.45) is 1.68. The van der Waals surface area contributed by atoms with E-state index in [9.17, 15) is 14.4 Å². The van der Waals surface area contributed by atoms with Gasteiger partial charge in [-0.05, 0) is 36.8 Å². The molecule has 156 valence electrons. The number of primary amides is 1. The zero-order valence-electron chi connectivity index (χ0n) is 16.8. The van der Waals surface area contributed by atoms with Crippen molar-refractivity contribution in [3.8, 4) is 0 Å².